The maximum atomic E-state index is 9.30. The number of fused-ring (bicyclic) bond motifs is 1. The molecule has 0 aromatic carbocycles. The highest BCUT2D eigenvalue weighted by atomic mass is 35.5. The largest absolute Gasteiger partial charge is 0.390 e. The average molecular weight is 180 g/mol. The molecule has 2 fully saturated rings. The first-order valence-electron chi connectivity index (χ1n) is 3.82. The van der Waals surface area contributed by atoms with E-state index in [0.29, 0.717) is 18.3 Å². The number of aliphatic hydroxyl groups excluding tert-OH is 2. The smallest absolute Gasteiger partial charge is 0.0831 e. The third-order valence-electron chi connectivity index (χ3n) is 2.99. The standard InChI is InChI=1S/C7H13NO2.ClH/c8-5-1-4-3(5)2-6(9)7(4)10;/h3-7,9-10H,1-2,8H2;1H/t3-,4-,5+,6-,7+;/m0./s1. The predicted octanol–water partition coefficient (Wildman–Crippen LogP) is -0.503. The van der Waals surface area contributed by atoms with Crippen LogP contribution in [0, 0.1) is 11.8 Å². The Kier molecular flexibility index (Phi) is 2.44. The molecule has 2 aliphatic carbocycles. The minimum Gasteiger partial charge on any atom is -0.390 e. The van der Waals surface area contributed by atoms with E-state index < -0.39 is 12.2 Å². The SMILES string of the molecule is Cl.N[C@@H]1C[C@@H]2[C@@H](O)[C@@H](O)C[C@@H]21. The van der Waals surface area contributed by atoms with Crippen molar-refractivity contribution in [3.05, 3.63) is 0 Å². The fourth-order valence-corrected chi connectivity index (χ4v) is 2.23. The first-order chi connectivity index (χ1) is 4.70. The van der Waals surface area contributed by atoms with Gasteiger partial charge in [-0.25, -0.2) is 0 Å². The van der Waals surface area contributed by atoms with Gasteiger partial charge in [0.15, 0.2) is 0 Å². The van der Waals surface area contributed by atoms with Crippen molar-refractivity contribution >= 4 is 12.4 Å². The molecule has 4 heteroatoms. The summed E-state index contributed by atoms with van der Waals surface area (Å²) in [5, 5.41) is 18.5. The Bertz CT molecular complexity index is 155. The highest BCUT2D eigenvalue weighted by Crippen LogP contribution is 2.46. The molecule has 3 nitrogen and oxygen atoms in total. The van der Waals surface area contributed by atoms with E-state index in [9.17, 15) is 10.2 Å². The van der Waals surface area contributed by atoms with Crippen LogP contribution >= 0.6 is 12.4 Å². The van der Waals surface area contributed by atoms with E-state index in [1.54, 1.807) is 0 Å². The minimum atomic E-state index is -0.511. The van der Waals surface area contributed by atoms with Gasteiger partial charge in [-0.3, -0.25) is 0 Å². The van der Waals surface area contributed by atoms with Crippen LogP contribution in [0.2, 0.25) is 0 Å². The lowest BCUT2D eigenvalue weighted by atomic mass is 9.71. The summed E-state index contributed by atoms with van der Waals surface area (Å²) in [5.74, 6) is 0.690. The average Bonchev–Trinajstić information content (AvgIpc) is 2.12. The summed E-state index contributed by atoms with van der Waals surface area (Å²) in [4.78, 5) is 0. The van der Waals surface area contributed by atoms with Crippen LogP contribution in [0.1, 0.15) is 12.8 Å². The van der Waals surface area contributed by atoms with Crippen molar-refractivity contribution in [3.63, 3.8) is 0 Å². The van der Waals surface area contributed by atoms with E-state index in [-0.39, 0.29) is 18.4 Å². The van der Waals surface area contributed by atoms with Gasteiger partial charge >= 0.3 is 0 Å². The van der Waals surface area contributed by atoms with Crippen LogP contribution in [0.25, 0.3) is 0 Å². The molecule has 2 rings (SSSR count). The zero-order chi connectivity index (χ0) is 7.30. The van der Waals surface area contributed by atoms with E-state index in [2.05, 4.69) is 0 Å². The van der Waals surface area contributed by atoms with E-state index in [1.807, 2.05) is 0 Å². The first kappa shape index (κ1) is 9.26. The molecule has 0 radical (unpaired) electrons. The van der Waals surface area contributed by atoms with E-state index in [4.69, 9.17) is 5.73 Å². The monoisotopic (exact) mass is 179 g/mol. The second kappa shape index (κ2) is 2.90. The van der Waals surface area contributed by atoms with Crippen molar-refractivity contribution in [2.24, 2.45) is 17.6 Å². The second-order valence-corrected chi connectivity index (χ2v) is 3.52. The van der Waals surface area contributed by atoms with Crippen molar-refractivity contribution in [3.8, 4) is 0 Å². The summed E-state index contributed by atoms with van der Waals surface area (Å²) >= 11 is 0. The fraction of sp³-hybridized carbons (Fsp3) is 1.00. The number of hydrogen-bond acceptors (Lipinski definition) is 3. The zero-order valence-corrected chi connectivity index (χ0v) is 7.00. The minimum absolute atomic E-state index is 0. The summed E-state index contributed by atoms with van der Waals surface area (Å²) in [5.41, 5.74) is 5.67. The summed E-state index contributed by atoms with van der Waals surface area (Å²) < 4.78 is 0. The van der Waals surface area contributed by atoms with Gasteiger partial charge in [-0.05, 0) is 24.7 Å². The van der Waals surface area contributed by atoms with Gasteiger partial charge in [-0.2, -0.15) is 0 Å². The molecule has 0 bridgehead atoms. The molecular formula is C7H14ClNO2. The molecule has 0 spiro atoms. The van der Waals surface area contributed by atoms with Crippen molar-refractivity contribution in [1.82, 2.24) is 0 Å². The Morgan fingerprint density at radius 1 is 1.09 bits per heavy atom. The van der Waals surface area contributed by atoms with Crippen LogP contribution in [-0.2, 0) is 0 Å². The molecule has 0 unspecified atom stereocenters. The van der Waals surface area contributed by atoms with Crippen molar-refractivity contribution in [2.75, 3.05) is 0 Å². The van der Waals surface area contributed by atoms with Gasteiger partial charge in [-0.15, -0.1) is 12.4 Å². The lowest BCUT2D eigenvalue weighted by Crippen LogP contribution is -2.47. The van der Waals surface area contributed by atoms with Crippen molar-refractivity contribution < 1.29 is 10.2 Å². The predicted molar refractivity (Wildman–Crippen MR) is 43.5 cm³/mol. The number of hydrogen-bond donors (Lipinski definition) is 3. The maximum Gasteiger partial charge on any atom is 0.0831 e. The lowest BCUT2D eigenvalue weighted by Gasteiger charge is -2.38. The van der Waals surface area contributed by atoms with Crippen LogP contribution in [0.3, 0.4) is 0 Å². The summed E-state index contributed by atoms with van der Waals surface area (Å²) in [7, 11) is 0. The van der Waals surface area contributed by atoms with E-state index >= 15 is 0 Å². The van der Waals surface area contributed by atoms with E-state index in [0.717, 1.165) is 6.42 Å². The van der Waals surface area contributed by atoms with Gasteiger partial charge in [0.1, 0.15) is 0 Å². The number of rotatable bonds is 0. The summed E-state index contributed by atoms with van der Waals surface area (Å²) in [6.45, 7) is 0. The Labute approximate surface area is 72.0 Å². The molecule has 0 saturated heterocycles. The molecule has 4 N–H and O–H groups in total. The Morgan fingerprint density at radius 3 is 2.09 bits per heavy atom. The van der Waals surface area contributed by atoms with Gasteiger partial charge in [0.2, 0.25) is 0 Å². The molecule has 0 aromatic heterocycles. The second-order valence-electron chi connectivity index (χ2n) is 3.52. The van der Waals surface area contributed by atoms with Gasteiger partial charge in [-0.1, -0.05) is 0 Å². The highest BCUT2D eigenvalue weighted by molar-refractivity contribution is 5.85. The molecule has 2 saturated carbocycles. The van der Waals surface area contributed by atoms with Gasteiger partial charge in [0, 0.05) is 6.04 Å². The lowest BCUT2D eigenvalue weighted by molar-refractivity contribution is -0.000259. The Hall–Kier alpha value is 0.170. The molecular weight excluding hydrogens is 166 g/mol. The van der Waals surface area contributed by atoms with Crippen LogP contribution in [-0.4, -0.2) is 28.5 Å². The summed E-state index contributed by atoms with van der Waals surface area (Å²) in [6.07, 6.45) is 0.587. The number of nitrogens with two attached hydrogens (primary N) is 1. The molecule has 11 heavy (non-hydrogen) atoms. The topological polar surface area (TPSA) is 66.5 Å². The van der Waals surface area contributed by atoms with Crippen LogP contribution < -0.4 is 5.73 Å². The van der Waals surface area contributed by atoms with Gasteiger partial charge in [0.05, 0.1) is 12.2 Å². The quantitative estimate of drug-likeness (QED) is 0.470. The van der Waals surface area contributed by atoms with Crippen LogP contribution in [0.15, 0.2) is 0 Å². The summed E-state index contributed by atoms with van der Waals surface area (Å²) in [6, 6.07) is 0.233. The van der Waals surface area contributed by atoms with Gasteiger partial charge in [0.25, 0.3) is 0 Å². The van der Waals surface area contributed by atoms with E-state index in [1.165, 1.54) is 0 Å². The first-order valence-corrected chi connectivity index (χ1v) is 3.82. The molecule has 0 heterocycles. The zero-order valence-electron chi connectivity index (χ0n) is 6.18. The maximum absolute atomic E-state index is 9.30. The highest BCUT2D eigenvalue weighted by Gasteiger charge is 2.51. The Balaban J connectivity index is 0.000000605. The van der Waals surface area contributed by atoms with Crippen molar-refractivity contribution in [2.45, 2.75) is 31.1 Å². The van der Waals surface area contributed by atoms with Crippen LogP contribution in [0.5, 0.6) is 0 Å². The fourth-order valence-electron chi connectivity index (χ4n) is 2.23. The molecule has 0 aromatic rings. The molecule has 0 amide bonds. The third-order valence-corrected chi connectivity index (χ3v) is 2.99. The molecule has 0 aliphatic heterocycles. The van der Waals surface area contributed by atoms with Gasteiger partial charge < -0.3 is 15.9 Å². The Morgan fingerprint density at radius 2 is 1.73 bits per heavy atom. The van der Waals surface area contributed by atoms with Crippen LogP contribution in [0.4, 0.5) is 0 Å². The van der Waals surface area contributed by atoms with Crippen molar-refractivity contribution in [1.29, 1.82) is 0 Å². The third kappa shape index (κ3) is 1.16. The normalized spacial score (nSPS) is 54.3. The number of halogens is 1. The molecule has 5 atom stereocenters. The molecule has 2 aliphatic rings. The number of aliphatic hydroxyl groups is 2. The molecule has 66 valence electrons.